The Labute approximate surface area is 77.3 Å². The molecule has 0 unspecified atom stereocenters. The summed E-state index contributed by atoms with van der Waals surface area (Å²) in [6, 6.07) is 5.11. The molecule has 1 aromatic rings. The van der Waals surface area contributed by atoms with Crippen molar-refractivity contribution in [3.63, 3.8) is 0 Å². The first-order chi connectivity index (χ1) is 6.13. The van der Waals surface area contributed by atoms with Crippen molar-refractivity contribution in [1.29, 1.82) is 0 Å². The molecule has 1 radical (unpaired) electrons. The number of methoxy groups -OCH3 is 1. The van der Waals surface area contributed by atoms with Crippen LogP contribution >= 0.6 is 0 Å². The monoisotopic (exact) mass is 179 g/mol. The molecule has 1 rings (SSSR count). The van der Waals surface area contributed by atoms with Crippen LogP contribution in [0.5, 0.6) is 11.5 Å². The Hall–Kier alpha value is -1.51. The third-order valence-corrected chi connectivity index (χ3v) is 1.48. The SMILES string of the molecule is [CH2]c1ccc(OC(C)=O)c(OC)c1. The summed E-state index contributed by atoms with van der Waals surface area (Å²) in [7, 11) is 1.52. The molecule has 0 amide bonds. The molecule has 0 aliphatic carbocycles. The number of carbonyl (C=O) groups excluding carboxylic acids is 1. The van der Waals surface area contributed by atoms with E-state index in [-0.39, 0.29) is 5.97 Å². The minimum Gasteiger partial charge on any atom is -0.493 e. The smallest absolute Gasteiger partial charge is 0.308 e. The van der Waals surface area contributed by atoms with Gasteiger partial charge in [-0.2, -0.15) is 0 Å². The molecule has 0 heterocycles. The van der Waals surface area contributed by atoms with Gasteiger partial charge in [0, 0.05) is 6.92 Å². The molecule has 69 valence electrons. The Morgan fingerprint density at radius 2 is 2.08 bits per heavy atom. The van der Waals surface area contributed by atoms with E-state index in [1.165, 1.54) is 14.0 Å². The van der Waals surface area contributed by atoms with Crippen LogP contribution in [0.15, 0.2) is 18.2 Å². The van der Waals surface area contributed by atoms with Crippen LogP contribution in [0, 0.1) is 6.92 Å². The molecular formula is C10H11O3. The molecule has 0 N–H and O–H groups in total. The molecule has 1 aromatic carbocycles. The summed E-state index contributed by atoms with van der Waals surface area (Å²) in [5.74, 6) is 0.570. The number of hydrogen-bond donors (Lipinski definition) is 0. The zero-order chi connectivity index (χ0) is 9.84. The van der Waals surface area contributed by atoms with E-state index in [0.717, 1.165) is 5.56 Å². The molecule has 0 saturated carbocycles. The van der Waals surface area contributed by atoms with Gasteiger partial charge in [0.15, 0.2) is 11.5 Å². The van der Waals surface area contributed by atoms with E-state index in [2.05, 4.69) is 6.92 Å². The van der Waals surface area contributed by atoms with Crippen molar-refractivity contribution < 1.29 is 14.3 Å². The minimum absolute atomic E-state index is 0.366. The van der Waals surface area contributed by atoms with E-state index in [0.29, 0.717) is 11.5 Å². The van der Waals surface area contributed by atoms with E-state index in [9.17, 15) is 4.79 Å². The lowest BCUT2D eigenvalue weighted by Gasteiger charge is -2.07. The van der Waals surface area contributed by atoms with Crippen molar-refractivity contribution in [2.45, 2.75) is 6.92 Å². The largest absolute Gasteiger partial charge is 0.493 e. The van der Waals surface area contributed by atoms with Crippen LogP contribution in [0.2, 0.25) is 0 Å². The molecular weight excluding hydrogens is 168 g/mol. The highest BCUT2D eigenvalue weighted by molar-refractivity contribution is 5.70. The van der Waals surface area contributed by atoms with Gasteiger partial charge in [0.1, 0.15) is 0 Å². The molecule has 13 heavy (non-hydrogen) atoms. The highest BCUT2D eigenvalue weighted by Gasteiger charge is 2.05. The van der Waals surface area contributed by atoms with Gasteiger partial charge in [-0.1, -0.05) is 6.07 Å². The quantitative estimate of drug-likeness (QED) is 0.513. The topological polar surface area (TPSA) is 35.5 Å². The predicted octanol–water partition coefficient (Wildman–Crippen LogP) is 1.80. The summed E-state index contributed by atoms with van der Waals surface area (Å²) >= 11 is 0. The summed E-state index contributed by atoms with van der Waals surface area (Å²) in [5, 5.41) is 0. The first-order valence-corrected chi connectivity index (χ1v) is 3.82. The van der Waals surface area contributed by atoms with Crippen LogP contribution in [0.3, 0.4) is 0 Å². The van der Waals surface area contributed by atoms with Gasteiger partial charge in [-0.05, 0) is 24.6 Å². The highest BCUT2D eigenvalue weighted by Crippen LogP contribution is 2.27. The fourth-order valence-electron chi connectivity index (χ4n) is 0.951. The van der Waals surface area contributed by atoms with Crippen molar-refractivity contribution in [2.75, 3.05) is 7.11 Å². The third kappa shape index (κ3) is 2.47. The Bertz CT molecular complexity index is 318. The molecule has 0 aromatic heterocycles. The average Bonchev–Trinajstić information content (AvgIpc) is 2.07. The third-order valence-electron chi connectivity index (χ3n) is 1.48. The van der Waals surface area contributed by atoms with Crippen LogP contribution in [-0.4, -0.2) is 13.1 Å². The molecule has 0 saturated heterocycles. The van der Waals surface area contributed by atoms with E-state index in [1.54, 1.807) is 18.2 Å². The molecule has 3 heteroatoms. The molecule has 0 bridgehead atoms. The van der Waals surface area contributed by atoms with Crippen LogP contribution < -0.4 is 9.47 Å². The first kappa shape index (κ1) is 9.58. The Kier molecular flexibility index (Phi) is 2.90. The number of benzene rings is 1. The lowest BCUT2D eigenvalue weighted by molar-refractivity contribution is -0.132. The van der Waals surface area contributed by atoms with Crippen molar-refractivity contribution in [2.24, 2.45) is 0 Å². The van der Waals surface area contributed by atoms with Crippen LogP contribution in [-0.2, 0) is 4.79 Å². The zero-order valence-electron chi connectivity index (χ0n) is 7.66. The number of rotatable bonds is 2. The van der Waals surface area contributed by atoms with E-state index < -0.39 is 0 Å². The van der Waals surface area contributed by atoms with E-state index in [4.69, 9.17) is 9.47 Å². The van der Waals surface area contributed by atoms with Crippen molar-refractivity contribution >= 4 is 5.97 Å². The maximum atomic E-state index is 10.7. The molecule has 3 nitrogen and oxygen atoms in total. The first-order valence-electron chi connectivity index (χ1n) is 3.82. The number of esters is 1. The summed E-state index contributed by atoms with van der Waals surface area (Å²) in [5.41, 5.74) is 0.813. The second-order valence-electron chi connectivity index (χ2n) is 2.58. The Balaban J connectivity index is 2.99. The number of ether oxygens (including phenoxy) is 2. The van der Waals surface area contributed by atoms with Gasteiger partial charge >= 0.3 is 5.97 Å². The maximum absolute atomic E-state index is 10.7. The molecule has 0 aliphatic heterocycles. The van der Waals surface area contributed by atoms with Crippen LogP contribution in [0.1, 0.15) is 12.5 Å². The van der Waals surface area contributed by atoms with Crippen LogP contribution in [0.4, 0.5) is 0 Å². The summed E-state index contributed by atoms with van der Waals surface area (Å²) in [6.07, 6.45) is 0. The second kappa shape index (κ2) is 3.94. The lowest BCUT2D eigenvalue weighted by atomic mass is 10.2. The van der Waals surface area contributed by atoms with E-state index >= 15 is 0 Å². The maximum Gasteiger partial charge on any atom is 0.308 e. The van der Waals surface area contributed by atoms with Crippen molar-refractivity contribution in [1.82, 2.24) is 0 Å². The van der Waals surface area contributed by atoms with Crippen LogP contribution in [0.25, 0.3) is 0 Å². The number of carbonyl (C=O) groups is 1. The van der Waals surface area contributed by atoms with Gasteiger partial charge in [0.05, 0.1) is 7.11 Å². The van der Waals surface area contributed by atoms with Gasteiger partial charge in [0.25, 0.3) is 0 Å². The van der Waals surface area contributed by atoms with E-state index in [1.807, 2.05) is 0 Å². The predicted molar refractivity (Wildman–Crippen MR) is 48.8 cm³/mol. The highest BCUT2D eigenvalue weighted by atomic mass is 16.6. The zero-order valence-corrected chi connectivity index (χ0v) is 7.66. The Morgan fingerprint density at radius 3 is 2.62 bits per heavy atom. The second-order valence-corrected chi connectivity index (χ2v) is 2.58. The van der Waals surface area contributed by atoms with Crippen molar-refractivity contribution in [3.8, 4) is 11.5 Å². The number of hydrogen-bond acceptors (Lipinski definition) is 3. The molecule has 0 aliphatic rings. The summed E-state index contributed by atoms with van der Waals surface area (Å²) < 4.78 is 9.91. The van der Waals surface area contributed by atoms with Gasteiger partial charge in [-0.15, -0.1) is 0 Å². The van der Waals surface area contributed by atoms with Gasteiger partial charge in [-0.3, -0.25) is 4.79 Å². The van der Waals surface area contributed by atoms with Crippen molar-refractivity contribution in [3.05, 3.63) is 30.7 Å². The Morgan fingerprint density at radius 1 is 1.38 bits per heavy atom. The summed E-state index contributed by atoms with van der Waals surface area (Å²) in [4.78, 5) is 10.7. The normalized spacial score (nSPS) is 9.46. The molecule has 0 atom stereocenters. The fraction of sp³-hybridized carbons (Fsp3) is 0.200. The standard InChI is InChI=1S/C10H11O3/c1-7-4-5-9(13-8(2)11)10(6-7)12-3/h4-6H,1H2,2-3H3. The fourth-order valence-corrected chi connectivity index (χ4v) is 0.951. The van der Waals surface area contributed by atoms with Gasteiger partial charge < -0.3 is 9.47 Å². The van der Waals surface area contributed by atoms with Gasteiger partial charge in [0.2, 0.25) is 0 Å². The molecule has 0 spiro atoms. The lowest BCUT2D eigenvalue weighted by Crippen LogP contribution is -2.02. The molecule has 0 fully saturated rings. The summed E-state index contributed by atoms with van der Waals surface area (Å²) in [6.45, 7) is 5.07. The van der Waals surface area contributed by atoms with Gasteiger partial charge in [-0.25, -0.2) is 0 Å². The minimum atomic E-state index is -0.366. The average molecular weight is 179 g/mol.